The monoisotopic (exact) mass is 578 g/mol. The largest absolute Gasteiger partial charge is 0.461 e. The molecule has 1 saturated carbocycles. The molecule has 0 radical (unpaired) electrons. The van der Waals surface area contributed by atoms with Crippen molar-refractivity contribution in [2.45, 2.75) is 44.7 Å². The average molecular weight is 579 g/mol. The van der Waals surface area contributed by atoms with E-state index in [9.17, 15) is 22.0 Å². The Kier molecular flexibility index (Phi) is 8.37. The number of rotatable bonds is 10. The van der Waals surface area contributed by atoms with E-state index < -0.39 is 35.4 Å². The number of aliphatic hydroxyl groups excluding tert-OH is 1. The number of carbonyl (C=O) groups is 1. The highest BCUT2D eigenvalue weighted by Gasteiger charge is 2.44. The minimum atomic E-state index is -3.72. The van der Waals surface area contributed by atoms with Crippen molar-refractivity contribution in [1.29, 1.82) is 0 Å². The number of halogens is 2. The highest BCUT2D eigenvalue weighted by atomic mass is 32.2. The predicted octanol–water partition coefficient (Wildman–Crippen LogP) is 4.30. The number of hydrogen-bond acceptors (Lipinski definition) is 7. The smallest absolute Gasteiger partial charge is 0.255 e. The maximum absolute atomic E-state index is 13.7. The van der Waals surface area contributed by atoms with Gasteiger partial charge < -0.3 is 25.0 Å². The van der Waals surface area contributed by atoms with Crippen LogP contribution in [0.5, 0.6) is 5.75 Å². The molecule has 40 heavy (non-hydrogen) atoms. The van der Waals surface area contributed by atoms with Gasteiger partial charge in [-0.25, -0.2) is 17.2 Å². The molecule has 2 saturated heterocycles. The number of anilines is 4. The molecule has 2 aromatic carbocycles. The standard InChI is InChI=1S/C28H36F2N4O5S/c29-19-39-26-4-1-20(17-25(26)33-11-5-21(30)6-12-33)27(36)31-23-3-2-22(32-40(37,38)16-15-35)18-24(23)34-13-9-28(7-8-28)10-14-34/h1-4,17-18,21,32,35H,5-16,19H2,(H,31,36). The number of amides is 1. The fraction of sp³-hybridized carbons (Fsp3) is 0.536. The van der Waals surface area contributed by atoms with Gasteiger partial charge in [-0.1, -0.05) is 0 Å². The van der Waals surface area contributed by atoms with Crippen LogP contribution in [0.4, 0.5) is 31.5 Å². The molecule has 0 aromatic heterocycles. The van der Waals surface area contributed by atoms with E-state index in [1.54, 1.807) is 36.4 Å². The van der Waals surface area contributed by atoms with Gasteiger partial charge in [0.05, 0.1) is 35.1 Å². The van der Waals surface area contributed by atoms with Gasteiger partial charge in [-0.15, -0.1) is 0 Å². The minimum absolute atomic E-state index is 0.291. The van der Waals surface area contributed by atoms with Gasteiger partial charge in [0.25, 0.3) is 5.91 Å². The highest BCUT2D eigenvalue weighted by Crippen LogP contribution is 2.54. The molecule has 1 spiro atoms. The van der Waals surface area contributed by atoms with Crippen molar-refractivity contribution in [3.8, 4) is 5.75 Å². The van der Waals surface area contributed by atoms with Gasteiger partial charge >= 0.3 is 0 Å². The Hall–Kier alpha value is -3.12. The van der Waals surface area contributed by atoms with Crippen LogP contribution in [0.3, 0.4) is 0 Å². The Morgan fingerprint density at radius 3 is 2.35 bits per heavy atom. The first-order chi connectivity index (χ1) is 19.2. The van der Waals surface area contributed by atoms with Crippen LogP contribution in [-0.4, -0.2) is 71.0 Å². The molecule has 0 atom stereocenters. The molecule has 3 N–H and O–H groups in total. The van der Waals surface area contributed by atoms with Crippen LogP contribution in [-0.2, 0) is 10.0 Å². The van der Waals surface area contributed by atoms with E-state index in [1.807, 2.05) is 4.90 Å². The molecule has 5 rings (SSSR count). The van der Waals surface area contributed by atoms with Crippen LogP contribution in [0.1, 0.15) is 48.9 Å². The second-order valence-corrected chi connectivity index (χ2v) is 12.8. The van der Waals surface area contributed by atoms with Crippen LogP contribution >= 0.6 is 0 Å². The zero-order valence-electron chi connectivity index (χ0n) is 22.4. The third-order valence-electron chi connectivity index (χ3n) is 8.20. The summed E-state index contributed by atoms with van der Waals surface area (Å²) in [6, 6.07) is 9.68. The molecule has 2 aliphatic heterocycles. The third-order valence-corrected chi connectivity index (χ3v) is 9.46. The van der Waals surface area contributed by atoms with Gasteiger partial charge in [0.1, 0.15) is 11.9 Å². The highest BCUT2D eigenvalue weighted by molar-refractivity contribution is 7.92. The summed E-state index contributed by atoms with van der Waals surface area (Å²) in [6.07, 6.45) is 4.36. The quantitative estimate of drug-likeness (QED) is 0.386. The maximum atomic E-state index is 13.7. The number of piperidine rings is 2. The Balaban J connectivity index is 1.40. The van der Waals surface area contributed by atoms with Crippen LogP contribution < -0.4 is 24.6 Å². The van der Waals surface area contributed by atoms with E-state index in [-0.39, 0.29) is 5.91 Å². The number of sulfonamides is 1. The van der Waals surface area contributed by atoms with E-state index in [0.29, 0.717) is 65.4 Å². The third kappa shape index (κ3) is 6.60. The molecule has 3 fully saturated rings. The van der Waals surface area contributed by atoms with Gasteiger partial charge in [-0.2, -0.15) is 0 Å². The zero-order chi connectivity index (χ0) is 28.3. The van der Waals surface area contributed by atoms with Crippen molar-refractivity contribution >= 4 is 38.7 Å². The Morgan fingerprint density at radius 2 is 1.70 bits per heavy atom. The van der Waals surface area contributed by atoms with E-state index in [1.165, 1.54) is 12.8 Å². The van der Waals surface area contributed by atoms with Gasteiger partial charge in [0.15, 0.2) is 0 Å². The lowest BCUT2D eigenvalue weighted by Gasteiger charge is -2.35. The first-order valence-electron chi connectivity index (χ1n) is 13.7. The molecule has 9 nitrogen and oxygen atoms in total. The summed E-state index contributed by atoms with van der Waals surface area (Å²) < 4.78 is 59.0. The number of nitrogens with one attached hydrogen (secondary N) is 2. The molecule has 0 bridgehead atoms. The lowest BCUT2D eigenvalue weighted by atomic mass is 9.93. The second-order valence-electron chi connectivity index (χ2n) is 10.9. The summed E-state index contributed by atoms with van der Waals surface area (Å²) in [6.45, 7) is 0.937. The number of alkyl halides is 2. The molecule has 0 unspecified atom stereocenters. The summed E-state index contributed by atoms with van der Waals surface area (Å²) in [4.78, 5) is 17.5. The number of nitrogens with zero attached hydrogens (tertiary/aromatic N) is 2. The van der Waals surface area contributed by atoms with Crippen molar-refractivity contribution < 1.29 is 31.8 Å². The fourth-order valence-corrected chi connectivity index (χ4v) is 6.41. The summed E-state index contributed by atoms with van der Waals surface area (Å²) in [7, 11) is -3.72. The Labute approximate surface area is 233 Å². The number of aliphatic hydroxyl groups is 1. The first-order valence-corrected chi connectivity index (χ1v) is 15.4. The predicted molar refractivity (Wildman–Crippen MR) is 151 cm³/mol. The van der Waals surface area contributed by atoms with Gasteiger partial charge in [-0.05, 0) is 80.3 Å². The summed E-state index contributed by atoms with van der Waals surface area (Å²) >= 11 is 0. The number of carbonyl (C=O) groups excluding carboxylic acids is 1. The van der Waals surface area contributed by atoms with Gasteiger partial charge in [-0.3, -0.25) is 9.52 Å². The number of benzene rings is 2. The van der Waals surface area contributed by atoms with E-state index in [0.717, 1.165) is 25.9 Å². The summed E-state index contributed by atoms with van der Waals surface area (Å²) in [5, 5.41) is 12.1. The SMILES string of the molecule is O=C(Nc1ccc(NS(=O)(=O)CCO)cc1N1CCC2(CC1)CC2)c1ccc(OCF)c(N2CCC(F)CC2)c1. The van der Waals surface area contributed by atoms with Crippen LogP contribution in [0.2, 0.25) is 0 Å². The zero-order valence-corrected chi connectivity index (χ0v) is 23.2. The Bertz CT molecular complexity index is 1320. The van der Waals surface area contributed by atoms with Crippen molar-refractivity contribution in [3.05, 3.63) is 42.0 Å². The summed E-state index contributed by atoms with van der Waals surface area (Å²) in [5.41, 5.74) is 2.88. The van der Waals surface area contributed by atoms with E-state index in [4.69, 9.17) is 9.84 Å². The topological polar surface area (TPSA) is 111 Å². The number of hydrogen-bond donors (Lipinski definition) is 3. The summed E-state index contributed by atoms with van der Waals surface area (Å²) in [5.74, 6) is -0.515. The van der Waals surface area contributed by atoms with Gasteiger partial charge in [0, 0.05) is 31.7 Å². The van der Waals surface area contributed by atoms with Crippen LogP contribution in [0.25, 0.3) is 0 Å². The van der Waals surface area contributed by atoms with Gasteiger partial charge in [0.2, 0.25) is 16.9 Å². The average Bonchev–Trinajstić information content (AvgIpc) is 3.69. The second kappa shape index (κ2) is 11.8. The van der Waals surface area contributed by atoms with Crippen LogP contribution in [0, 0.1) is 5.41 Å². The lowest BCUT2D eigenvalue weighted by molar-refractivity contribution is 0.102. The number of ether oxygens (including phenoxy) is 1. The molecular weight excluding hydrogens is 542 g/mol. The van der Waals surface area contributed by atoms with E-state index >= 15 is 0 Å². The maximum Gasteiger partial charge on any atom is 0.255 e. The van der Waals surface area contributed by atoms with Crippen molar-refractivity contribution in [1.82, 2.24) is 0 Å². The Morgan fingerprint density at radius 1 is 1.00 bits per heavy atom. The molecule has 2 aromatic rings. The molecule has 12 heteroatoms. The molecule has 3 aliphatic rings. The first kappa shape index (κ1) is 28.4. The normalized spacial score (nSPS) is 19.0. The van der Waals surface area contributed by atoms with Crippen molar-refractivity contribution in [2.24, 2.45) is 5.41 Å². The van der Waals surface area contributed by atoms with E-state index in [2.05, 4.69) is 14.9 Å². The van der Waals surface area contributed by atoms with Crippen LogP contribution in [0.15, 0.2) is 36.4 Å². The molecule has 1 amide bonds. The van der Waals surface area contributed by atoms with Crippen molar-refractivity contribution in [3.63, 3.8) is 0 Å². The minimum Gasteiger partial charge on any atom is -0.461 e. The fourth-order valence-electron chi connectivity index (χ4n) is 5.58. The lowest BCUT2D eigenvalue weighted by Crippen LogP contribution is -2.35. The van der Waals surface area contributed by atoms with Crippen molar-refractivity contribution in [2.75, 3.05) is 65.2 Å². The molecule has 218 valence electrons. The molecule has 2 heterocycles. The molecule has 1 aliphatic carbocycles. The molecular formula is C28H36F2N4O5S.